The van der Waals surface area contributed by atoms with Crippen LogP contribution in [0.25, 0.3) is 22.2 Å². The molecule has 4 rings (SSSR count). The lowest BCUT2D eigenvalue weighted by Crippen LogP contribution is -2.81. The Morgan fingerprint density at radius 2 is 1.80 bits per heavy atom. The first kappa shape index (κ1) is 11.1. The monoisotopic (exact) mass is 262 g/mol. The molecule has 0 saturated carbocycles. The zero-order valence-electron chi connectivity index (χ0n) is 10.8. The van der Waals surface area contributed by atoms with E-state index in [0.717, 1.165) is 22.8 Å². The second-order valence-electron chi connectivity index (χ2n) is 4.80. The van der Waals surface area contributed by atoms with Gasteiger partial charge in [-0.1, -0.05) is 12.1 Å². The number of quaternary nitrogens is 1. The second kappa shape index (κ2) is 4.43. The normalized spacial score (nSPS) is 13.9. The van der Waals surface area contributed by atoms with E-state index >= 15 is 0 Å². The fourth-order valence-corrected chi connectivity index (χ4v) is 2.49. The Balaban J connectivity index is 1.79. The van der Waals surface area contributed by atoms with Crippen molar-refractivity contribution >= 4 is 16.6 Å². The number of fused-ring (bicyclic) bond motifs is 1. The van der Waals surface area contributed by atoms with Crippen molar-refractivity contribution in [2.24, 2.45) is 4.99 Å². The van der Waals surface area contributed by atoms with Crippen LogP contribution < -0.4 is 10.3 Å². The van der Waals surface area contributed by atoms with E-state index in [1.54, 1.807) is 0 Å². The van der Waals surface area contributed by atoms with Crippen molar-refractivity contribution in [3.63, 3.8) is 0 Å². The molecule has 0 amide bonds. The van der Waals surface area contributed by atoms with Crippen LogP contribution in [0.2, 0.25) is 0 Å². The second-order valence-corrected chi connectivity index (χ2v) is 4.80. The highest BCUT2D eigenvalue weighted by Gasteiger charge is 2.11. The highest BCUT2D eigenvalue weighted by Crippen LogP contribution is 2.22. The molecular weight excluding hydrogens is 248 g/mol. The number of aromatic nitrogens is 2. The van der Waals surface area contributed by atoms with Gasteiger partial charge in [0, 0.05) is 0 Å². The number of hydrogen-bond acceptors (Lipinski definition) is 1. The van der Waals surface area contributed by atoms with Gasteiger partial charge in [0.1, 0.15) is 18.6 Å². The first-order valence-corrected chi connectivity index (χ1v) is 6.57. The third-order valence-corrected chi connectivity index (χ3v) is 3.52. The van der Waals surface area contributed by atoms with E-state index < -0.39 is 0 Å². The molecule has 3 aromatic rings. The van der Waals surface area contributed by atoms with Crippen LogP contribution in [0.1, 0.15) is 5.56 Å². The lowest BCUT2D eigenvalue weighted by molar-refractivity contribution is -0.456. The fourth-order valence-electron chi connectivity index (χ4n) is 2.49. The molecule has 96 valence electrons. The largest absolute Gasteiger partial charge is 0.284 e. The molecule has 2 aromatic carbocycles. The smallest absolute Gasteiger partial charge is 0.269 e. The van der Waals surface area contributed by atoms with Gasteiger partial charge in [-0.25, -0.2) is 9.97 Å². The molecule has 0 aliphatic carbocycles. The predicted molar refractivity (Wildman–Crippen MR) is 77.9 cm³/mol. The molecule has 4 N–H and O–H groups in total. The maximum Gasteiger partial charge on any atom is 0.284 e. The minimum Gasteiger partial charge on any atom is -0.269 e. The molecule has 20 heavy (non-hydrogen) atoms. The number of imidazole rings is 1. The molecule has 0 saturated heterocycles. The van der Waals surface area contributed by atoms with Crippen LogP contribution in [0.5, 0.6) is 0 Å². The average Bonchev–Trinajstić information content (AvgIpc) is 3.19. The standard InChI is InChI=1S/C16H12N4/c1-3-13(15-17-5-6-18-15)10-12-2-4-14(9-11(1)12)16-19-7-8-20-16/h1-10H,(H,17,18)(H,19,20)/p+2. The van der Waals surface area contributed by atoms with Gasteiger partial charge in [0.25, 0.3) is 5.82 Å². The van der Waals surface area contributed by atoms with Crippen LogP contribution in [0.3, 0.4) is 0 Å². The van der Waals surface area contributed by atoms with Crippen LogP contribution in [-0.2, 0) is 0 Å². The summed E-state index contributed by atoms with van der Waals surface area (Å²) >= 11 is 0. The zero-order valence-corrected chi connectivity index (χ0v) is 10.8. The fraction of sp³-hybridized carbons (Fsp3) is 0. The molecular formula is C16H14N4+2. The Morgan fingerprint density at radius 1 is 1.00 bits per heavy atom. The predicted octanol–water partition coefficient (Wildman–Crippen LogP) is 1.44. The number of nitrogens with one attached hydrogen (secondary N) is 2. The van der Waals surface area contributed by atoms with Crippen LogP contribution in [0.15, 0.2) is 66.2 Å². The zero-order chi connectivity index (χ0) is 13.4. The minimum absolute atomic E-state index is 1.02. The number of benzene rings is 2. The van der Waals surface area contributed by atoms with Gasteiger partial charge in [0.05, 0.1) is 17.3 Å². The third kappa shape index (κ3) is 1.83. The van der Waals surface area contributed by atoms with Crippen LogP contribution in [0, 0.1) is 0 Å². The van der Waals surface area contributed by atoms with E-state index in [-0.39, 0.29) is 0 Å². The summed E-state index contributed by atoms with van der Waals surface area (Å²) in [5.41, 5.74) is 2.31. The SMILES string of the molecule is C1=C[NH2+]C(c2ccc3cc(-c4[nH]cc[nH+]4)ccc3c2)=N1. The van der Waals surface area contributed by atoms with E-state index in [9.17, 15) is 0 Å². The summed E-state index contributed by atoms with van der Waals surface area (Å²) in [4.78, 5) is 10.7. The van der Waals surface area contributed by atoms with E-state index in [1.807, 2.05) is 30.1 Å². The summed E-state index contributed by atoms with van der Waals surface area (Å²) in [6.07, 6.45) is 7.57. The molecule has 0 atom stereocenters. The summed E-state index contributed by atoms with van der Waals surface area (Å²) in [6.45, 7) is 0. The number of amidine groups is 1. The first-order chi connectivity index (χ1) is 9.90. The number of aromatic amines is 2. The Morgan fingerprint density at radius 3 is 2.50 bits per heavy atom. The van der Waals surface area contributed by atoms with Crippen molar-refractivity contribution in [2.75, 3.05) is 0 Å². The van der Waals surface area contributed by atoms with Crippen molar-refractivity contribution in [3.8, 4) is 11.4 Å². The Bertz CT molecular complexity index is 829. The molecule has 1 aliphatic rings. The molecule has 2 heterocycles. The van der Waals surface area contributed by atoms with Crippen molar-refractivity contribution in [3.05, 3.63) is 66.8 Å². The lowest BCUT2D eigenvalue weighted by atomic mass is 10.0. The number of rotatable bonds is 2. The summed E-state index contributed by atoms with van der Waals surface area (Å²) in [7, 11) is 0. The average molecular weight is 262 g/mol. The minimum atomic E-state index is 1.02. The Kier molecular flexibility index (Phi) is 2.47. The van der Waals surface area contributed by atoms with Crippen molar-refractivity contribution in [1.29, 1.82) is 0 Å². The van der Waals surface area contributed by atoms with Crippen molar-refractivity contribution in [1.82, 2.24) is 4.98 Å². The van der Waals surface area contributed by atoms with Gasteiger partial charge in [0.15, 0.2) is 0 Å². The third-order valence-electron chi connectivity index (χ3n) is 3.52. The molecule has 0 spiro atoms. The lowest BCUT2D eigenvalue weighted by Gasteiger charge is -2.02. The van der Waals surface area contributed by atoms with Crippen molar-refractivity contribution < 1.29 is 10.3 Å². The molecule has 0 radical (unpaired) electrons. The Hall–Kier alpha value is -2.72. The quantitative estimate of drug-likeness (QED) is 0.702. The van der Waals surface area contributed by atoms with Gasteiger partial charge in [-0.3, -0.25) is 5.32 Å². The van der Waals surface area contributed by atoms with Crippen molar-refractivity contribution in [2.45, 2.75) is 0 Å². The summed E-state index contributed by atoms with van der Waals surface area (Å²) in [5, 5.41) is 4.48. The van der Waals surface area contributed by atoms with E-state index in [0.29, 0.717) is 0 Å². The number of nitrogens with zero attached hydrogens (tertiary/aromatic N) is 1. The molecule has 1 aromatic heterocycles. The summed E-state index contributed by atoms with van der Waals surface area (Å²) in [5.74, 6) is 2.04. The van der Waals surface area contributed by atoms with E-state index in [1.165, 1.54) is 10.8 Å². The highest BCUT2D eigenvalue weighted by atomic mass is 15.0. The topological polar surface area (TPSA) is 58.9 Å². The van der Waals surface area contributed by atoms with Gasteiger partial charge >= 0.3 is 0 Å². The summed E-state index contributed by atoms with van der Waals surface area (Å²) in [6, 6.07) is 12.9. The molecule has 1 aliphatic heterocycles. The number of hydrogen-bond donors (Lipinski definition) is 2. The molecule has 4 heteroatoms. The Labute approximate surface area is 115 Å². The van der Waals surface area contributed by atoms with Gasteiger partial charge in [-0.2, -0.15) is 4.99 Å². The number of H-pyrrole nitrogens is 2. The maximum atomic E-state index is 4.34. The van der Waals surface area contributed by atoms with E-state index in [2.05, 4.69) is 51.4 Å². The molecule has 0 fully saturated rings. The van der Waals surface area contributed by atoms with E-state index in [4.69, 9.17) is 0 Å². The van der Waals surface area contributed by atoms with Gasteiger partial charge in [0.2, 0.25) is 5.84 Å². The van der Waals surface area contributed by atoms with Gasteiger partial charge in [-0.05, 0) is 35.0 Å². The summed E-state index contributed by atoms with van der Waals surface area (Å²) < 4.78 is 0. The van der Waals surface area contributed by atoms with Gasteiger partial charge in [-0.15, -0.1) is 0 Å². The molecule has 0 unspecified atom stereocenters. The molecule has 0 bridgehead atoms. The maximum absolute atomic E-state index is 4.34. The highest BCUT2D eigenvalue weighted by molar-refractivity contribution is 5.98. The molecule has 4 nitrogen and oxygen atoms in total. The first-order valence-electron chi connectivity index (χ1n) is 6.57. The number of nitrogens with two attached hydrogens (primary N) is 1. The van der Waals surface area contributed by atoms with Gasteiger partial charge < -0.3 is 0 Å². The van der Waals surface area contributed by atoms with Crippen LogP contribution in [-0.4, -0.2) is 10.8 Å². The number of aliphatic imine (C=N–C) groups is 1. The van der Waals surface area contributed by atoms with Crippen LogP contribution >= 0.6 is 0 Å². The van der Waals surface area contributed by atoms with Crippen LogP contribution in [0.4, 0.5) is 0 Å².